The predicted molar refractivity (Wildman–Crippen MR) is 150 cm³/mol. The summed E-state index contributed by atoms with van der Waals surface area (Å²) in [5, 5.41) is 2.45. The highest BCUT2D eigenvalue weighted by Gasteiger charge is 2.25. The lowest BCUT2D eigenvalue weighted by Crippen LogP contribution is -2.30. The van der Waals surface area contributed by atoms with Crippen LogP contribution in [0.1, 0.15) is 42.8 Å². The fourth-order valence-electron chi connectivity index (χ4n) is 3.59. The zero-order valence-electron chi connectivity index (χ0n) is 23.8. The van der Waals surface area contributed by atoms with E-state index in [1.54, 1.807) is 49.3 Å². The Hall–Kier alpha value is -4.59. The van der Waals surface area contributed by atoms with E-state index in [1.165, 1.54) is 35.9 Å². The van der Waals surface area contributed by atoms with Crippen molar-refractivity contribution in [3.05, 3.63) is 52.6 Å². The number of amides is 1. The Kier molecular flexibility index (Phi) is 11.1. The van der Waals surface area contributed by atoms with Gasteiger partial charge < -0.3 is 24.4 Å². The molecule has 3 rings (SSSR count). The zero-order chi connectivity index (χ0) is 29.9. The number of hydrogen-bond acceptors (Lipinski definition) is 10. The van der Waals surface area contributed by atoms with Crippen LogP contribution >= 0.6 is 0 Å². The molecule has 0 aliphatic rings. The van der Waals surface area contributed by atoms with Crippen molar-refractivity contribution in [2.24, 2.45) is 12.0 Å². The number of ether oxygens (including phenoxy) is 3. The summed E-state index contributed by atoms with van der Waals surface area (Å²) in [5.41, 5.74) is 0.188. The Balaban J connectivity index is 1.89. The smallest absolute Gasteiger partial charge is 0.338 e. The highest BCUT2D eigenvalue weighted by molar-refractivity contribution is 5.89. The minimum absolute atomic E-state index is 0.00529. The first-order valence-electron chi connectivity index (χ1n) is 13.0. The molecule has 0 saturated carbocycles. The second-order valence-electron chi connectivity index (χ2n) is 9.25. The SMILES string of the molecule is CC[C@H](COC(=O)CCC(=O)NC)O[C@H](COC(=O)c1ccccc1)n1cnc2c(=O)n(C)c(N=CN(C)C)nc21. The highest BCUT2D eigenvalue weighted by Crippen LogP contribution is 2.21. The van der Waals surface area contributed by atoms with Gasteiger partial charge in [-0.25, -0.2) is 14.8 Å². The Morgan fingerprint density at radius 1 is 1.12 bits per heavy atom. The topological polar surface area (TPSA) is 159 Å². The van der Waals surface area contributed by atoms with Crippen LogP contribution < -0.4 is 10.9 Å². The summed E-state index contributed by atoms with van der Waals surface area (Å²) in [4.78, 5) is 64.0. The maximum Gasteiger partial charge on any atom is 0.338 e. The molecular weight excluding hydrogens is 534 g/mol. The molecule has 2 heterocycles. The molecule has 0 radical (unpaired) electrons. The molecule has 3 aromatic rings. The zero-order valence-corrected chi connectivity index (χ0v) is 23.8. The van der Waals surface area contributed by atoms with Gasteiger partial charge in [-0.05, 0) is 18.6 Å². The molecule has 41 heavy (non-hydrogen) atoms. The number of nitrogens with one attached hydrogen (secondary N) is 1. The van der Waals surface area contributed by atoms with Crippen LogP contribution in [0, 0.1) is 0 Å². The van der Waals surface area contributed by atoms with Crippen molar-refractivity contribution in [3.63, 3.8) is 0 Å². The number of imidazole rings is 1. The van der Waals surface area contributed by atoms with Crippen LogP contribution in [0.2, 0.25) is 0 Å². The van der Waals surface area contributed by atoms with Crippen molar-refractivity contribution in [2.45, 2.75) is 38.5 Å². The molecule has 14 nitrogen and oxygen atoms in total. The van der Waals surface area contributed by atoms with Gasteiger partial charge in [-0.15, -0.1) is 0 Å². The van der Waals surface area contributed by atoms with Crippen molar-refractivity contribution in [1.82, 2.24) is 29.3 Å². The predicted octanol–water partition coefficient (Wildman–Crippen LogP) is 1.57. The first kappa shape index (κ1) is 30.9. The van der Waals surface area contributed by atoms with E-state index in [0.29, 0.717) is 12.0 Å². The van der Waals surface area contributed by atoms with Gasteiger partial charge in [0.25, 0.3) is 5.56 Å². The van der Waals surface area contributed by atoms with Gasteiger partial charge in [-0.3, -0.25) is 23.5 Å². The first-order chi connectivity index (χ1) is 19.6. The number of aliphatic imine (C=N–C) groups is 1. The summed E-state index contributed by atoms with van der Waals surface area (Å²) in [7, 11) is 6.59. The number of aromatic nitrogens is 4. The number of esters is 2. The first-order valence-corrected chi connectivity index (χ1v) is 13.0. The molecular formula is C27H35N7O7. The van der Waals surface area contributed by atoms with E-state index >= 15 is 0 Å². The molecule has 2 aromatic heterocycles. The van der Waals surface area contributed by atoms with Crippen LogP contribution in [0.3, 0.4) is 0 Å². The molecule has 220 valence electrons. The quantitative estimate of drug-likeness (QED) is 0.172. The molecule has 0 bridgehead atoms. The van der Waals surface area contributed by atoms with Crippen LogP contribution in [-0.2, 0) is 30.8 Å². The van der Waals surface area contributed by atoms with Gasteiger partial charge in [0, 0.05) is 34.6 Å². The monoisotopic (exact) mass is 569 g/mol. The highest BCUT2D eigenvalue weighted by atomic mass is 16.6. The molecule has 0 spiro atoms. The summed E-state index contributed by atoms with van der Waals surface area (Å²) in [6.07, 6.45) is 1.65. The lowest BCUT2D eigenvalue weighted by Gasteiger charge is -2.25. The molecule has 1 N–H and O–H groups in total. The van der Waals surface area contributed by atoms with Crippen molar-refractivity contribution in [2.75, 3.05) is 34.4 Å². The van der Waals surface area contributed by atoms with Crippen molar-refractivity contribution in [1.29, 1.82) is 0 Å². The number of nitrogens with zero attached hydrogens (tertiary/aromatic N) is 6. The third-order valence-corrected chi connectivity index (χ3v) is 5.93. The van der Waals surface area contributed by atoms with Gasteiger partial charge in [0.2, 0.25) is 11.9 Å². The fraction of sp³-hybridized carbons (Fsp3) is 0.444. The molecule has 0 aliphatic heterocycles. The van der Waals surface area contributed by atoms with Gasteiger partial charge >= 0.3 is 11.9 Å². The van der Waals surface area contributed by atoms with Gasteiger partial charge in [0.1, 0.15) is 13.2 Å². The van der Waals surface area contributed by atoms with Gasteiger partial charge in [0.15, 0.2) is 17.4 Å². The van der Waals surface area contributed by atoms with Crippen LogP contribution in [0.25, 0.3) is 11.2 Å². The number of hydrogen-bond donors (Lipinski definition) is 1. The number of carbonyl (C=O) groups excluding carboxylic acids is 3. The summed E-state index contributed by atoms with van der Waals surface area (Å²) >= 11 is 0. The van der Waals surface area contributed by atoms with Crippen LogP contribution in [0.5, 0.6) is 0 Å². The third kappa shape index (κ3) is 8.45. The Morgan fingerprint density at radius 2 is 1.85 bits per heavy atom. The van der Waals surface area contributed by atoms with Gasteiger partial charge in [-0.1, -0.05) is 25.1 Å². The number of rotatable bonds is 14. The van der Waals surface area contributed by atoms with Crippen molar-refractivity contribution >= 4 is 41.3 Å². The molecule has 0 unspecified atom stereocenters. The van der Waals surface area contributed by atoms with E-state index in [4.69, 9.17) is 14.2 Å². The number of fused-ring (bicyclic) bond motifs is 1. The maximum absolute atomic E-state index is 13.0. The second kappa shape index (κ2) is 14.7. The van der Waals surface area contributed by atoms with Gasteiger partial charge in [0.05, 0.1) is 30.8 Å². The van der Waals surface area contributed by atoms with Crippen LogP contribution in [0.4, 0.5) is 5.95 Å². The summed E-state index contributed by atoms with van der Waals surface area (Å²) in [6, 6.07) is 8.46. The lowest BCUT2D eigenvalue weighted by atomic mass is 10.2. The van der Waals surface area contributed by atoms with E-state index < -0.39 is 29.8 Å². The second-order valence-corrected chi connectivity index (χ2v) is 9.25. The lowest BCUT2D eigenvalue weighted by molar-refractivity contribution is -0.154. The molecule has 1 amide bonds. The van der Waals surface area contributed by atoms with E-state index in [9.17, 15) is 19.2 Å². The Bertz CT molecular complexity index is 1430. The number of carbonyl (C=O) groups is 3. The molecule has 0 fully saturated rings. The van der Waals surface area contributed by atoms with E-state index in [2.05, 4.69) is 20.3 Å². The summed E-state index contributed by atoms with van der Waals surface area (Å²) < 4.78 is 19.9. The van der Waals surface area contributed by atoms with Crippen molar-refractivity contribution < 1.29 is 28.6 Å². The van der Waals surface area contributed by atoms with E-state index in [-0.39, 0.29) is 49.1 Å². The van der Waals surface area contributed by atoms with E-state index in [0.717, 1.165) is 0 Å². The summed E-state index contributed by atoms with van der Waals surface area (Å²) in [5.74, 6) is -1.26. The largest absolute Gasteiger partial charge is 0.463 e. The average molecular weight is 570 g/mol. The Morgan fingerprint density at radius 3 is 2.51 bits per heavy atom. The average Bonchev–Trinajstić information content (AvgIpc) is 3.40. The Labute approximate surface area is 236 Å². The number of benzene rings is 1. The molecule has 0 saturated heterocycles. The minimum Gasteiger partial charge on any atom is -0.463 e. The molecule has 1 aromatic carbocycles. The summed E-state index contributed by atoms with van der Waals surface area (Å²) in [6.45, 7) is 1.48. The van der Waals surface area contributed by atoms with E-state index in [1.807, 2.05) is 6.92 Å². The van der Waals surface area contributed by atoms with Crippen LogP contribution in [-0.4, -0.2) is 88.6 Å². The standard InChI is InChI=1S/C27H35N7O7/c1-6-19(14-39-22(36)13-12-20(35)28-2)41-21(15-40-26(38)18-10-8-7-9-11-18)34-17-29-23-24(34)31-27(30-16-32(3)4)33(5)25(23)37/h7-11,16-17,19,21H,6,12-15H2,1-5H3,(H,28,35)/t19-,21-/m1/s1. The normalized spacial score (nSPS) is 12.7. The maximum atomic E-state index is 13.0. The van der Waals surface area contributed by atoms with Crippen LogP contribution in [0.15, 0.2) is 46.4 Å². The fourth-order valence-corrected chi connectivity index (χ4v) is 3.59. The minimum atomic E-state index is -0.979. The van der Waals surface area contributed by atoms with Gasteiger partial charge in [-0.2, -0.15) is 4.98 Å². The van der Waals surface area contributed by atoms with Crippen molar-refractivity contribution in [3.8, 4) is 0 Å². The molecule has 14 heteroatoms. The third-order valence-electron chi connectivity index (χ3n) is 5.93. The molecule has 0 aliphatic carbocycles. The molecule has 2 atom stereocenters.